The zero-order valence-electron chi connectivity index (χ0n) is 14.6. The van der Waals surface area contributed by atoms with E-state index in [1.807, 2.05) is 25.8 Å². The summed E-state index contributed by atoms with van der Waals surface area (Å²) in [6.07, 6.45) is -3.11. The minimum Gasteiger partial charge on any atom is -0.404 e. The summed E-state index contributed by atoms with van der Waals surface area (Å²) in [6, 6.07) is 9.14. The summed E-state index contributed by atoms with van der Waals surface area (Å²) in [7, 11) is 1.88. The van der Waals surface area contributed by atoms with E-state index >= 15 is 0 Å². The maximum absolute atomic E-state index is 12.6. The number of hydrogen-bond donors (Lipinski definition) is 1. The van der Waals surface area contributed by atoms with Crippen LogP contribution in [0.3, 0.4) is 0 Å². The Labute approximate surface area is 155 Å². The largest absolute Gasteiger partial charge is 0.573 e. The third-order valence-corrected chi connectivity index (χ3v) is 3.84. The second kappa shape index (κ2) is 8.31. The average Bonchev–Trinajstić information content (AvgIpc) is 2.56. The molecular weight excluding hydrogens is 367 g/mol. The van der Waals surface area contributed by atoms with Gasteiger partial charge in [0.05, 0.1) is 17.7 Å². The first-order valence-electron chi connectivity index (χ1n) is 7.86. The number of rotatable bonds is 6. The molecule has 0 aromatic heterocycles. The number of alkyl halides is 3. The van der Waals surface area contributed by atoms with Crippen LogP contribution in [0, 0.1) is 6.92 Å². The standard InChI is InChI=1S/C18H19ClF3N3O/c1-4-25(3)11-23-15-9-13(19)10-16(12(15)2)24-14-7-5-6-8-17(14)26-18(20,21)22/h5-11,24H,4H2,1-3H3. The van der Waals surface area contributed by atoms with Gasteiger partial charge in [0.1, 0.15) is 0 Å². The summed E-state index contributed by atoms with van der Waals surface area (Å²) >= 11 is 6.14. The van der Waals surface area contributed by atoms with E-state index in [-0.39, 0.29) is 11.4 Å². The minimum atomic E-state index is -4.78. The molecule has 2 rings (SSSR count). The molecule has 0 aliphatic rings. The highest BCUT2D eigenvalue weighted by Gasteiger charge is 2.32. The number of anilines is 2. The summed E-state index contributed by atoms with van der Waals surface area (Å²) < 4.78 is 41.8. The van der Waals surface area contributed by atoms with E-state index in [1.165, 1.54) is 18.2 Å². The average molecular weight is 386 g/mol. The second-order valence-electron chi connectivity index (χ2n) is 5.58. The zero-order chi connectivity index (χ0) is 19.3. The quantitative estimate of drug-likeness (QED) is 0.496. The fourth-order valence-corrected chi connectivity index (χ4v) is 2.31. The van der Waals surface area contributed by atoms with Gasteiger partial charge in [-0.15, -0.1) is 13.2 Å². The molecule has 1 N–H and O–H groups in total. The molecule has 0 spiro atoms. The Kier molecular flexibility index (Phi) is 6.37. The van der Waals surface area contributed by atoms with E-state index in [0.29, 0.717) is 16.4 Å². The highest BCUT2D eigenvalue weighted by Crippen LogP contribution is 2.36. The Morgan fingerprint density at radius 2 is 1.92 bits per heavy atom. The molecule has 26 heavy (non-hydrogen) atoms. The third kappa shape index (κ3) is 5.56. The zero-order valence-corrected chi connectivity index (χ0v) is 15.3. The monoisotopic (exact) mass is 385 g/mol. The normalized spacial score (nSPS) is 11.7. The van der Waals surface area contributed by atoms with Crippen LogP contribution in [0.1, 0.15) is 12.5 Å². The number of hydrogen-bond acceptors (Lipinski definition) is 3. The lowest BCUT2D eigenvalue weighted by molar-refractivity contribution is -0.274. The summed E-state index contributed by atoms with van der Waals surface area (Å²) in [5, 5.41) is 3.36. The molecule has 0 saturated heterocycles. The van der Waals surface area contributed by atoms with Gasteiger partial charge >= 0.3 is 6.36 Å². The summed E-state index contributed by atoms with van der Waals surface area (Å²) in [5.74, 6) is -0.324. The maximum Gasteiger partial charge on any atom is 0.573 e. The van der Waals surface area contributed by atoms with Gasteiger partial charge in [-0.05, 0) is 43.7 Å². The summed E-state index contributed by atoms with van der Waals surface area (Å²) in [5.41, 5.74) is 2.09. The van der Waals surface area contributed by atoms with Gasteiger partial charge in [-0.1, -0.05) is 23.7 Å². The van der Waals surface area contributed by atoms with Crippen molar-refractivity contribution in [2.75, 3.05) is 18.9 Å². The fraction of sp³-hybridized carbons (Fsp3) is 0.278. The van der Waals surface area contributed by atoms with Gasteiger partial charge < -0.3 is 15.0 Å². The molecule has 0 aliphatic heterocycles. The van der Waals surface area contributed by atoms with Crippen LogP contribution in [-0.4, -0.2) is 31.2 Å². The van der Waals surface area contributed by atoms with Crippen molar-refractivity contribution in [2.24, 2.45) is 4.99 Å². The first-order valence-corrected chi connectivity index (χ1v) is 8.23. The molecule has 0 aliphatic carbocycles. The van der Waals surface area contributed by atoms with Crippen LogP contribution < -0.4 is 10.1 Å². The van der Waals surface area contributed by atoms with E-state index in [9.17, 15) is 13.2 Å². The number of para-hydroxylation sites is 2. The van der Waals surface area contributed by atoms with Gasteiger partial charge in [0.2, 0.25) is 0 Å². The molecule has 4 nitrogen and oxygen atoms in total. The highest BCUT2D eigenvalue weighted by atomic mass is 35.5. The van der Waals surface area contributed by atoms with Gasteiger partial charge in [0, 0.05) is 24.3 Å². The molecule has 2 aromatic carbocycles. The van der Waals surface area contributed by atoms with E-state index in [4.69, 9.17) is 11.6 Å². The van der Waals surface area contributed by atoms with Crippen molar-refractivity contribution in [1.82, 2.24) is 4.90 Å². The van der Waals surface area contributed by atoms with Crippen LogP contribution in [0.15, 0.2) is 41.4 Å². The lowest BCUT2D eigenvalue weighted by Gasteiger charge is -2.17. The molecule has 0 heterocycles. The Morgan fingerprint density at radius 1 is 1.23 bits per heavy atom. The van der Waals surface area contributed by atoms with Crippen LogP contribution in [0.4, 0.5) is 30.2 Å². The van der Waals surface area contributed by atoms with Crippen LogP contribution in [0.2, 0.25) is 5.02 Å². The topological polar surface area (TPSA) is 36.9 Å². The second-order valence-corrected chi connectivity index (χ2v) is 6.02. The molecule has 2 aromatic rings. The van der Waals surface area contributed by atoms with Gasteiger partial charge in [-0.3, -0.25) is 0 Å². The van der Waals surface area contributed by atoms with Gasteiger partial charge in [-0.25, -0.2) is 4.99 Å². The molecule has 0 atom stereocenters. The fourth-order valence-electron chi connectivity index (χ4n) is 2.10. The van der Waals surface area contributed by atoms with E-state index in [2.05, 4.69) is 15.0 Å². The number of nitrogens with zero attached hydrogens (tertiary/aromatic N) is 2. The van der Waals surface area contributed by atoms with Crippen LogP contribution in [-0.2, 0) is 0 Å². The third-order valence-electron chi connectivity index (χ3n) is 3.62. The molecular formula is C18H19ClF3N3O. The molecule has 0 amide bonds. The first-order chi connectivity index (χ1) is 12.2. The molecule has 8 heteroatoms. The van der Waals surface area contributed by atoms with Crippen molar-refractivity contribution in [3.8, 4) is 5.75 Å². The number of nitrogens with one attached hydrogen (secondary N) is 1. The van der Waals surface area contributed by atoms with E-state index < -0.39 is 6.36 Å². The predicted molar refractivity (Wildman–Crippen MR) is 99.1 cm³/mol. The van der Waals surface area contributed by atoms with Crippen LogP contribution in [0.25, 0.3) is 0 Å². The Hall–Kier alpha value is -2.41. The number of benzene rings is 2. The molecule has 140 valence electrons. The van der Waals surface area contributed by atoms with Gasteiger partial charge in [0.25, 0.3) is 0 Å². The number of aliphatic imine (C=N–C) groups is 1. The maximum atomic E-state index is 12.6. The Balaban J connectivity index is 2.36. The SMILES string of the molecule is CCN(C)C=Nc1cc(Cl)cc(Nc2ccccc2OC(F)(F)F)c1C. The Bertz CT molecular complexity index is 794. The van der Waals surface area contributed by atoms with Crippen LogP contribution >= 0.6 is 11.6 Å². The predicted octanol–water partition coefficient (Wildman–Crippen LogP) is 5.90. The molecule has 0 unspecified atom stereocenters. The van der Waals surface area contributed by atoms with Crippen LogP contribution in [0.5, 0.6) is 5.75 Å². The van der Waals surface area contributed by atoms with Crippen molar-refractivity contribution in [3.63, 3.8) is 0 Å². The van der Waals surface area contributed by atoms with Crippen molar-refractivity contribution in [3.05, 3.63) is 47.0 Å². The highest BCUT2D eigenvalue weighted by molar-refractivity contribution is 6.31. The van der Waals surface area contributed by atoms with Crippen molar-refractivity contribution in [1.29, 1.82) is 0 Å². The summed E-state index contributed by atoms with van der Waals surface area (Å²) in [6.45, 7) is 4.59. The first kappa shape index (κ1) is 19.9. The van der Waals surface area contributed by atoms with E-state index in [1.54, 1.807) is 24.5 Å². The molecule has 0 fully saturated rings. The van der Waals surface area contributed by atoms with Crippen molar-refractivity contribution >= 4 is 35.0 Å². The number of ether oxygens (including phenoxy) is 1. The van der Waals surface area contributed by atoms with E-state index in [0.717, 1.165) is 12.1 Å². The molecule has 0 radical (unpaired) electrons. The minimum absolute atomic E-state index is 0.177. The van der Waals surface area contributed by atoms with Gasteiger partial charge in [-0.2, -0.15) is 0 Å². The van der Waals surface area contributed by atoms with Gasteiger partial charge in [0.15, 0.2) is 5.75 Å². The molecule has 0 bridgehead atoms. The smallest absolute Gasteiger partial charge is 0.404 e. The Morgan fingerprint density at radius 3 is 2.58 bits per heavy atom. The lowest BCUT2D eigenvalue weighted by atomic mass is 10.1. The molecule has 0 saturated carbocycles. The van der Waals surface area contributed by atoms with Crippen molar-refractivity contribution in [2.45, 2.75) is 20.2 Å². The summed E-state index contributed by atoms with van der Waals surface area (Å²) in [4.78, 5) is 6.28. The lowest BCUT2D eigenvalue weighted by Crippen LogP contribution is -2.17. The number of halogens is 4. The van der Waals surface area contributed by atoms with Crippen molar-refractivity contribution < 1.29 is 17.9 Å².